The van der Waals surface area contributed by atoms with Crippen molar-refractivity contribution in [3.8, 4) is 0 Å². The minimum Gasteiger partial charge on any atom is -0.356 e. The molecule has 4 aromatic heterocycles. The highest BCUT2D eigenvalue weighted by molar-refractivity contribution is 6.01. The van der Waals surface area contributed by atoms with Gasteiger partial charge in [-0.25, -0.2) is 9.78 Å². The van der Waals surface area contributed by atoms with E-state index in [2.05, 4.69) is 22.0 Å². The van der Waals surface area contributed by atoms with Crippen molar-refractivity contribution in [2.45, 2.75) is 45.2 Å². The highest BCUT2D eigenvalue weighted by Gasteiger charge is 2.29. The van der Waals surface area contributed by atoms with Crippen molar-refractivity contribution in [3.05, 3.63) is 58.9 Å². The first-order valence-electron chi connectivity index (χ1n) is 10.6. The molecule has 7 nitrogen and oxygen atoms in total. The van der Waals surface area contributed by atoms with Crippen LogP contribution in [0.4, 0.5) is 0 Å². The first-order valence-corrected chi connectivity index (χ1v) is 10.6. The maximum Gasteiger partial charge on any atom is 0.329 e. The number of para-hydroxylation sites is 1. The maximum atomic E-state index is 13.8. The van der Waals surface area contributed by atoms with Crippen LogP contribution in [0.3, 0.4) is 0 Å². The Labute approximate surface area is 172 Å². The van der Waals surface area contributed by atoms with E-state index in [0.717, 1.165) is 58.0 Å². The molecule has 152 valence electrons. The fourth-order valence-corrected chi connectivity index (χ4v) is 5.11. The fraction of sp³-hybridized carbons (Fsp3) is 0.348. The topological polar surface area (TPSA) is 81.6 Å². The minimum absolute atomic E-state index is 0.00586. The van der Waals surface area contributed by atoms with E-state index >= 15 is 0 Å². The standard InChI is InChI=1S/C23H23N5O2/c1-14-6-2-4-8-18(14)28-21-16-10-11-24-22(16)25-12-19(21)27(23(28)29)13-17-15-7-3-5-9-20(15)30-26-17/h3,5,7,9-12,14,18H,2,4,6,8,13H2,1H3,(H,24,25)/t14-,18+/m1/s1. The van der Waals surface area contributed by atoms with E-state index in [4.69, 9.17) is 4.52 Å². The summed E-state index contributed by atoms with van der Waals surface area (Å²) in [5, 5.41) is 6.19. The molecule has 5 aromatic rings. The first kappa shape index (κ1) is 17.5. The highest BCUT2D eigenvalue weighted by Crippen LogP contribution is 2.36. The molecule has 0 bridgehead atoms. The van der Waals surface area contributed by atoms with Gasteiger partial charge in [0.1, 0.15) is 11.3 Å². The molecular weight excluding hydrogens is 378 g/mol. The van der Waals surface area contributed by atoms with E-state index in [9.17, 15) is 4.79 Å². The molecule has 1 N–H and O–H groups in total. The lowest BCUT2D eigenvalue weighted by atomic mass is 9.85. The van der Waals surface area contributed by atoms with Crippen LogP contribution in [-0.4, -0.2) is 24.3 Å². The zero-order chi connectivity index (χ0) is 20.2. The van der Waals surface area contributed by atoms with E-state index in [1.165, 1.54) is 6.42 Å². The molecule has 7 heteroatoms. The third-order valence-corrected chi connectivity index (χ3v) is 6.67. The molecule has 1 saturated carbocycles. The predicted octanol–water partition coefficient (Wildman–Crippen LogP) is 4.62. The molecule has 0 saturated heterocycles. The smallest absolute Gasteiger partial charge is 0.329 e. The number of imidazole rings is 1. The Bertz CT molecular complexity index is 1440. The Kier molecular flexibility index (Phi) is 3.84. The summed E-state index contributed by atoms with van der Waals surface area (Å²) in [6.07, 6.45) is 8.27. The number of benzene rings is 1. The SMILES string of the molecule is C[C@@H]1CCCC[C@@H]1n1c(=O)n(Cc2noc3ccccc23)c2cnc3[nH]ccc3c21. The number of hydrogen-bond acceptors (Lipinski definition) is 4. The van der Waals surface area contributed by atoms with Gasteiger partial charge in [-0.05, 0) is 37.0 Å². The van der Waals surface area contributed by atoms with Crippen LogP contribution < -0.4 is 5.69 Å². The highest BCUT2D eigenvalue weighted by atomic mass is 16.5. The number of fused-ring (bicyclic) bond motifs is 4. The maximum absolute atomic E-state index is 13.8. The Morgan fingerprint density at radius 3 is 2.93 bits per heavy atom. The molecule has 2 atom stereocenters. The summed E-state index contributed by atoms with van der Waals surface area (Å²) >= 11 is 0. The largest absolute Gasteiger partial charge is 0.356 e. The number of hydrogen-bond donors (Lipinski definition) is 1. The second kappa shape index (κ2) is 6.58. The van der Waals surface area contributed by atoms with Crippen molar-refractivity contribution in [1.29, 1.82) is 0 Å². The summed E-state index contributed by atoms with van der Waals surface area (Å²) in [4.78, 5) is 21.5. The molecule has 0 radical (unpaired) electrons. The monoisotopic (exact) mass is 401 g/mol. The van der Waals surface area contributed by atoms with Gasteiger partial charge in [0, 0.05) is 23.0 Å². The van der Waals surface area contributed by atoms with Crippen molar-refractivity contribution < 1.29 is 4.52 Å². The summed E-state index contributed by atoms with van der Waals surface area (Å²) in [7, 11) is 0. The van der Waals surface area contributed by atoms with Crippen molar-refractivity contribution in [2.75, 3.05) is 0 Å². The van der Waals surface area contributed by atoms with Crippen molar-refractivity contribution in [1.82, 2.24) is 24.3 Å². The van der Waals surface area contributed by atoms with E-state index in [-0.39, 0.29) is 11.7 Å². The fourth-order valence-electron chi connectivity index (χ4n) is 5.11. The van der Waals surface area contributed by atoms with Crippen LogP contribution in [-0.2, 0) is 6.54 Å². The van der Waals surface area contributed by atoms with Crippen LogP contribution in [0, 0.1) is 5.92 Å². The van der Waals surface area contributed by atoms with E-state index in [1.807, 2.05) is 47.3 Å². The van der Waals surface area contributed by atoms with Gasteiger partial charge >= 0.3 is 5.69 Å². The molecule has 0 amide bonds. The summed E-state index contributed by atoms with van der Waals surface area (Å²) in [6, 6.07) is 9.98. The van der Waals surface area contributed by atoms with Gasteiger partial charge in [-0.3, -0.25) is 9.13 Å². The van der Waals surface area contributed by atoms with Crippen LogP contribution in [0.2, 0.25) is 0 Å². The second-order valence-corrected chi connectivity index (χ2v) is 8.43. The van der Waals surface area contributed by atoms with Crippen LogP contribution in [0.15, 0.2) is 52.0 Å². The summed E-state index contributed by atoms with van der Waals surface area (Å²) in [5.41, 5.74) is 4.12. The zero-order valence-electron chi connectivity index (χ0n) is 16.8. The predicted molar refractivity (Wildman–Crippen MR) is 116 cm³/mol. The van der Waals surface area contributed by atoms with Gasteiger partial charge in [0.15, 0.2) is 5.58 Å². The van der Waals surface area contributed by atoms with Gasteiger partial charge in [-0.15, -0.1) is 0 Å². The summed E-state index contributed by atoms with van der Waals surface area (Å²) < 4.78 is 9.31. The third-order valence-electron chi connectivity index (χ3n) is 6.67. The van der Waals surface area contributed by atoms with Crippen LogP contribution in [0.1, 0.15) is 44.3 Å². The van der Waals surface area contributed by atoms with Crippen LogP contribution >= 0.6 is 0 Å². The molecule has 1 aromatic carbocycles. The lowest BCUT2D eigenvalue weighted by Gasteiger charge is -2.29. The Morgan fingerprint density at radius 1 is 1.17 bits per heavy atom. The van der Waals surface area contributed by atoms with Crippen molar-refractivity contribution in [2.24, 2.45) is 5.92 Å². The van der Waals surface area contributed by atoms with Crippen LogP contribution in [0.25, 0.3) is 33.0 Å². The molecular formula is C23H23N5O2. The third kappa shape index (κ3) is 2.47. The first-order chi connectivity index (χ1) is 14.7. The lowest BCUT2D eigenvalue weighted by Crippen LogP contribution is -2.32. The summed E-state index contributed by atoms with van der Waals surface area (Å²) in [6.45, 7) is 2.62. The number of pyridine rings is 1. The van der Waals surface area contributed by atoms with E-state index < -0.39 is 0 Å². The number of rotatable bonds is 3. The quantitative estimate of drug-likeness (QED) is 0.478. The van der Waals surface area contributed by atoms with Gasteiger partial charge < -0.3 is 9.51 Å². The van der Waals surface area contributed by atoms with Gasteiger partial charge in [0.2, 0.25) is 0 Å². The number of H-pyrrole nitrogens is 1. The normalized spacial score (nSPS) is 19.9. The second-order valence-electron chi connectivity index (χ2n) is 8.43. The van der Waals surface area contributed by atoms with Gasteiger partial charge in [-0.2, -0.15) is 0 Å². The zero-order valence-corrected chi connectivity index (χ0v) is 16.8. The van der Waals surface area contributed by atoms with Crippen LogP contribution in [0.5, 0.6) is 0 Å². The number of aromatic nitrogens is 5. The molecule has 1 aliphatic carbocycles. The molecule has 1 aliphatic rings. The van der Waals surface area contributed by atoms with Gasteiger partial charge in [0.05, 0.1) is 23.8 Å². The average molecular weight is 401 g/mol. The Balaban J connectivity index is 1.61. The number of nitrogens with one attached hydrogen (secondary N) is 1. The van der Waals surface area contributed by atoms with Crippen molar-refractivity contribution in [3.63, 3.8) is 0 Å². The molecule has 4 heterocycles. The minimum atomic E-state index is 0.00586. The molecule has 0 spiro atoms. The van der Waals surface area contributed by atoms with E-state index in [1.54, 1.807) is 4.57 Å². The average Bonchev–Trinajstić information content (AvgIpc) is 3.46. The molecule has 1 fully saturated rings. The molecule has 0 unspecified atom stereocenters. The number of nitrogens with zero attached hydrogens (tertiary/aromatic N) is 4. The van der Waals surface area contributed by atoms with Gasteiger partial charge in [-0.1, -0.05) is 37.1 Å². The molecule has 6 rings (SSSR count). The van der Waals surface area contributed by atoms with Crippen molar-refractivity contribution >= 4 is 33.0 Å². The Hall–Kier alpha value is -3.35. The molecule has 0 aliphatic heterocycles. The Morgan fingerprint density at radius 2 is 2.03 bits per heavy atom. The van der Waals surface area contributed by atoms with Gasteiger partial charge in [0.25, 0.3) is 0 Å². The summed E-state index contributed by atoms with van der Waals surface area (Å²) in [5.74, 6) is 0.463. The molecule has 30 heavy (non-hydrogen) atoms. The lowest BCUT2D eigenvalue weighted by molar-refractivity contribution is 0.256. The van der Waals surface area contributed by atoms with E-state index in [0.29, 0.717) is 12.5 Å². The number of aromatic amines is 1.